The number of nitrogens with zero attached hydrogens (tertiary/aromatic N) is 4. The summed E-state index contributed by atoms with van der Waals surface area (Å²) in [5.41, 5.74) is 15.2. The molecule has 0 aliphatic rings. The summed E-state index contributed by atoms with van der Waals surface area (Å²) >= 11 is 0. The minimum atomic E-state index is 0.625. The van der Waals surface area contributed by atoms with E-state index in [1.54, 1.807) is 0 Å². The minimum absolute atomic E-state index is 0.625. The number of para-hydroxylation sites is 2. The van der Waals surface area contributed by atoms with Crippen molar-refractivity contribution in [3.8, 4) is 51.0 Å². The lowest BCUT2D eigenvalue weighted by Gasteiger charge is -2.17. The number of aromatic nitrogens is 3. The van der Waals surface area contributed by atoms with Crippen LogP contribution in [-0.2, 0) is 0 Å². The average Bonchev–Trinajstić information content (AvgIpc) is 3.73. The zero-order chi connectivity index (χ0) is 36.3. The second-order valence-electron chi connectivity index (χ2n) is 14.1. The van der Waals surface area contributed by atoms with Crippen LogP contribution in [0.5, 0.6) is 0 Å². The normalized spacial score (nSPS) is 11.5. The van der Waals surface area contributed by atoms with E-state index in [9.17, 15) is 5.26 Å². The lowest BCUT2D eigenvalue weighted by atomic mass is 10.0. The highest BCUT2D eigenvalue weighted by atomic mass is 15.1. The highest BCUT2D eigenvalue weighted by Crippen LogP contribution is 2.40. The number of fused-ring (bicyclic) bond motifs is 6. The summed E-state index contributed by atoms with van der Waals surface area (Å²) in [5.74, 6) is 0.825. The molecule has 0 bridgehead atoms. The Balaban J connectivity index is 1.25. The molecule has 7 aromatic carbocycles. The molecule has 0 unspecified atom stereocenters. The standard InChI is InChI=1S/C50H34N4/c1-32-11-17-35(18-12-32)38-23-25-42-40-7-3-5-9-45(40)53(47(42)27-38)49-31-52-50(29-44(49)37-21-15-34(30-51)16-22-37)54-46-10-6-4-8-41(46)43-26-24-39(28-48(43)54)36-19-13-33(2)14-20-36/h3-29,31H,1-2H3. The molecule has 10 rings (SSSR count). The second kappa shape index (κ2) is 12.5. The van der Waals surface area contributed by atoms with E-state index in [1.165, 1.54) is 43.8 Å². The molecule has 0 atom stereocenters. The SMILES string of the molecule is Cc1ccc(-c2ccc3c4ccccc4n(-c4cc(-c5ccc(C#N)cc5)c(-n5c6ccccc6c6ccc(-c7ccc(C)cc7)cc65)cn4)c3c2)cc1. The molecule has 0 N–H and O–H groups in total. The molecule has 0 amide bonds. The Morgan fingerprint density at radius 2 is 0.907 bits per heavy atom. The predicted molar refractivity (Wildman–Crippen MR) is 223 cm³/mol. The highest BCUT2D eigenvalue weighted by molar-refractivity contribution is 6.12. The molecule has 10 aromatic rings. The van der Waals surface area contributed by atoms with E-state index in [2.05, 4.69) is 169 Å². The van der Waals surface area contributed by atoms with Crippen LogP contribution in [-0.4, -0.2) is 14.1 Å². The molecule has 0 fully saturated rings. The van der Waals surface area contributed by atoms with Gasteiger partial charge in [-0.15, -0.1) is 0 Å². The van der Waals surface area contributed by atoms with Crippen molar-refractivity contribution in [3.05, 3.63) is 187 Å². The van der Waals surface area contributed by atoms with E-state index in [0.29, 0.717) is 5.56 Å². The predicted octanol–water partition coefficient (Wildman–Crippen LogP) is 12.8. The van der Waals surface area contributed by atoms with Crippen LogP contribution in [0.3, 0.4) is 0 Å². The third-order valence-electron chi connectivity index (χ3n) is 10.8. The van der Waals surface area contributed by atoms with E-state index < -0.39 is 0 Å². The summed E-state index contributed by atoms with van der Waals surface area (Å²) < 4.78 is 4.65. The van der Waals surface area contributed by atoms with Crippen molar-refractivity contribution in [2.45, 2.75) is 13.8 Å². The van der Waals surface area contributed by atoms with E-state index in [1.807, 2.05) is 30.5 Å². The summed E-state index contributed by atoms with van der Waals surface area (Å²) in [5, 5.41) is 14.4. The van der Waals surface area contributed by atoms with Crippen LogP contribution in [0.25, 0.3) is 88.5 Å². The quantitative estimate of drug-likeness (QED) is 0.180. The van der Waals surface area contributed by atoms with Crippen molar-refractivity contribution in [2.75, 3.05) is 0 Å². The Morgan fingerprint density at radius 3 is 1.46 bits per heavy atom. The number of pyridine rings is 1. The maximum atomic E-state index is 9.70. The zero-order valence-electron chi connectivity index (χ0n) is 30.0. The van der Waals surface area contributed by atoms with Gasteiger partial charge in [-0.05, 0) is 84.1 Å². The Kier molecular flexibility index (Phi) is 7.28. The van der Waals surface area contributed by atoms with Crippen molar-refractivity contribution in [3.63, 3.8) is 0 Å². The lowest BCUT2D eigenvalue weighted by molar-refractivity contribution is 1.06. The van der Waals surface area contributed by atoms with Crippen LogP contribution in [0, 0.1) is 25.2 Å². The first-order valence-electron chi connectivity index (χ1n) is 18.3. The molecule has 0 saturated heterocycles. The van der Waals surface area contributed by atoms with Crippen LogP contribution in [0.2, 0.25) is 0 Å². The van der Waals surface area contributed by atoms with Gasteiger partial charge in [0.25, 0.3) is 0 Å². The summed E-state index contributed by atoms with van der Waals surface area (Å²) in [6.45, 7) is 4.24. The number of hydrogen-bond donors (Lipinski definition) is 0. The van der Waals surface area contributed by atoms with Crippen molar-refractivity contribution in [1.82, 2.24) is 14.1 Å². The molecule has 0 spiro atoms. The number of benzene rings is 7. The van der Waals surface area contributed by atoms with Gasteiger partial charge < -0.3 is 4.57 Å². The Labute approximate surface area is 313 Å². The van der Waals surface area contributed by atoms with Gasteiger partial charge in [0.15, 0.2) is 0 Å². The average molecular weight is 691 g/mol. The van der Waals surface area contributed by atoms with Gasteiger partial charge >= 0.3 is 0 Å². The van der Waals surface area contributed by atoms with Crippen LogP contribution in [0.15, 0.2) is 170 Å². The van der Waals surface area contributed by atoms with Crippen molar-refractivity contribution < 1.29 is 0 Å². The Hall–Kier alpha value is -7.22. The lowest BCUT2D eigenvalue weighted by Crippen LogP contribution is -2.03. The second-order valence-corrected chi connectivity index (χ2v) is 14.1. The Bertz CT molecular complexity index is 3100. The van der Waals surface area contributed by atoms with E-state index >= 15 is 0 Å². The fourth-order valence-electron chi connectivity index (χ4n) is 7.99. The van der Waals surface area contributed by atoms with Gasteiger partial charge in [0.1, 0.15) is 5.82 Å². The van der Waals surface area contributed by atoms with Crippen LogP contribution < -0.4 is 0 Å². The molecular weight excluding hydrogens is 657 g/mol. The summed E-state index contributed by atoms with van der Waals surface area (Å²) in [6.07, 6.45) is 2.03. The molecular formula is C50H34N4. The molecule has 0 radical (unpaired) electrons. The number of rotatable bonds is 5. The fraction of sp³-hybridized carbons (Fsp3) is 0.0400. The van der Waals surface area contributed by atoms with Crippen molar-refractivity contribution >= 4 is 43.6 Å². The first-order chi connectivity index (χ1) is 26.5. The van der Waals surface area contributed by atoms with Crippen LogP contribution in [0.1, 0.15) is 16.7 Å². The first-order valence-corrected chi connectivity index (χ1v) is 18.3. The van der Waals surface area contributed by atoms with Gasteiger partial charge in [-0.2, -0.15) is 5.26 Å². The maximum absolute atomic E-state index is 9.70. The van der Waals surface area contributed by atoms with Crippen LogP contribution in [0.4, 0.5) is 0 Å². The topological polar surface area (TPSA) is 46.5 Å². The highest BCUT2D eigenvalue weighted by Gasteiger charge is 2.20. The Morgan fingerprint density at radius 1 is 0.444 bits per heavy atom. The summed E-state index contributed by atoms with van der Waals surface area (Å²) in [6, 6.07) is 60.5. The summed E-state index contributed by atoms with van der Waals surface area (Å²) in [7, 11) is 0. The molecule has 254 valence electrons. The van der Waals surface area contributed by atoms with E-state index in [-0.39, 0.29) is 0 Å². The van der Waals surface area contributed by atoms with Gasteiger partial charge in [-0.3, -0.25) is 4.57 Å². The smallest absolute Gasteiger partial charge is 0.138 e. The third-order valence-corrected chi connectivity index (χ3v) is 10.8. The van der Waals surface area contributed by atoms with Gasteiger partial charge in [-0.25, -0.2) is 4.98 Å². The third kappa shape index (κ3) is 5.10. The molecule has 4 heteroatoms. The molecule has 0 saturated carbocycles. The number of hydrogen-bond acceptors (Lipinski definition) is 2. The number of aryl methyl sites for hydroxylation is 2. The monoisotopic (exact) mass is 690 g/mol. The van der Waals surface area contributed by atoms with Gasteiger partial charge in [-0.1, -0.05) is 132 Å². The minimum Gasteiger partial charge on any atom is -0.307 e. The molecule has 0 aliphatic heterocycles. The molecule has 0 aliphatic carbocycles. The van der Waals surface area contributed by atoms with Crippen LogP contribution >= 0.6 is 0 Å². The molecule has 3 heterocycles. The summed E-state index contributed by atoms with van der Waals surface area (Å²) in [4.78, 5) is 5.30. The van der Waals surface area contributed by atoms with Gasteiger partial charge in [0.2, 0.25) is 0 Å². The van der Waals surface area contributed by atoms with Crippen molar-refractivity contribution in [1.29, 1.82) is 5.26 Å². The van der Waals surface area contributed by atoms with Gasteiger partial charge in [0, 0.05) is 27.1 Å². The largest absolute Gasteiger partial charge is 0.307 e. The molecule has 3 aromatic heterocycles. The van der Waals surface area contributed by atoms with E-state index in [0.717, 1.165) is 55.8 Å². The van der Waals surface area contributed by atoms with Gasteiger partial charge in [0.05, 0.1) is 45.6 Å². The zero-order valence-corrected chi connectivity index (χ0v) is 30.0. The van der Waals surface area contributed by atoms with E-state index in [4.69, 9.17) is 4.98 Å². The first kappa shape index (κ1) is 31.5. The fourth-order valence-corrected chi connectivity index (χ4v) is 7.99. The van der Waals surface area contributed by atoms with Crippen molar-refractivity contribution in [2.24, 2.45) is 0 Å². The maximum Gasteiger partial charge on any atom is 0.138 e. The molecule has 54 heavy (non-hydrogen) atoms. The number of nitriles is 1. The molecule has 4 nitrogen and oxygen atoms in total.